The van der Waals surface area contributed by atoms with Crippen LogP contribution in [0.5, 0.6) is 0 Å². The number of aliphatic hydroxyl groups is 1. The molecule has 0 aromatic heterocycles. The second-order valence-corrected chi connectivity index (χ2v) is 3.31. The molecular weight excluding hydrogens is 112 g/mol. The summed E-state index contributed by atoms with van der Waals surface area (Å²) in [7, 11) is 0. The number of rotatable bonds is 2. The third kappa shape index (κ3) is 0.877. The van der Waals surface area contributed by atoms with Gasteiger partial charge in [0.15, 0.2) is 0 Å². The Morgan fingerprint density at radius 1 is 1.67 bits per heavy atom. The molecule has 1 heteroatoms. The summed E-state index contributed by atoms with van der Waals surface area (Å²) in [5.41, 5.74) is 0.319. The van der Waals surface area contributed by atoms with Crippen LogP contribution in [0, 0.1) is 11.3 Å². The van der Waals surface area contributed by atoms with Crippen LogP contribution in [-0.4, -0.2) is 11.7 Å². The van der Waals surface area contributed by atoms with E-state index < -0.39 is 0 Å². The van der Waals surface area contributed by atoms with Gasteiger partial charge >= 0.3 is 0 Å². The molecule has 54 valence electrons. The van der Waals surface area contributed by atoms with E-state index in [1.54, 1.807) is 0 Å². The first kappa shape index (κ1) is 7.07. The van der Waals surface area contributed by atoms with Gasteiger partial charge in [-0.2, -0.15) is 0 Å². The van der Waals surface area contributed by atoms with Crippen molar-refractivity contribution in [3.8, 4) is 0 Å². The fourth-order valence-corrected chi connectivity index (χ4v) is 1.71. The Morgan fingerprint density at radius 3 is 2.33 bits per heavy atom. The molecule has 0 spiro atoms. The summed E-state index contributed by atoms with van der Waals surface area (Å²) < 4.78 is 0. The Labute approximate surface area is 57.1 Å². The van der Waals surface area contributed by atoms with Crippen molar-refractivity contribution in [1.82, 2.24) is 0 Å². The second kappa shape index (κ2) is 2.30. The van der Waals surface area contributed by atoms with Crippen LogP contribution in [0.1, 0.15) is 33.1 Å². The highest BCUT2D eigenvalue weighted by Gasteiger charge is 2.41. The monoisotopic (exact) mass is 128 g/mol. The minimum Gasteiger partial charge on any atom is -0.396 e. The zero-order valence-corrected chi connectivity index (χ0v) is 6.35. The molecule has 1 nitrogen and oxygen atoms in total. The molecule has 2 unspecified atom stereocenters. The fraction of sp³-hybridized carbons (Fsp3) is 1.00. The van der Waals surface area contributed by atoms with E-state index in [9.17, 15) is 0 Å². The summed E-state index contributed by atoms with van der Waals surface area (Å²) in [6.45, 7) is 4.81. The van der Waals surface area contributed by atoms with Crippen molar-refractivity contribution in [2.75, 3.05) is 6.61 Å². The maximum absolute atomic E-state index is 9.01. The molecule has 1 saturated carbocycles. The minimum absolute atomic E-state index is 0.319. The summed E-state index contributed by atoms with van der Waals surface area (Å²) in [4.78, 5) is 0. The number of hydrogen-bond donors (Lipinski definition) is 1. The van der Waals surface area contributed by atoms with Gasteiger partial charge in [-0.05, 0) is 30.6 Å². The zero-order valence-electron chi connectivity index (χ0n) is 6.35. The first-order valence-electron chi connectivity index (χ1n) is 3.86. The van der Waals surface area contributed by atoms with Gasteiger partial charge in [-0.15, -0.1) is 0 Å². The molecule has 0 aliphatic heterocycles. The van der Waals surface area contributed by atoms with Gasteiger partial charge in [0.05, 0.1) is 0 Å². The lowest BCUT2D eigenvalue weighted by atomic mass is 9.60. The Bertz CT molecular complexity index is 89.2. The normalized spacial score (nSPS) is 42.3. The number of aliphatic hydroxyl groups excluding tert-OH is 1. The Hall–Kier alpha value is -0.0400. The molecule has 0 amide bonds. The van der Waals surface area contributed by atoms with Gasteiger partial charge in [-0.25, -0.2) is 0 Å². The van der Waals surface area contributed by atoms with E-state index in [2.05, 4.69) is 13.8 Å². The van der Waals surface area contributed by atoms with Gasteiger partial charge in [0, 0.05) is 6.61 Å². The quantitative estimate of drug-likeness (QED) is 0.601. The van der Waals surface area contributed by atoms with Gasteiger partial charge in [-0.3, -0.25) is 0 Å². The van der Waals surface area contributed by atoms with Crippen molar-refractivity contribution in [3.63, 3.8) is 0 Å². The van der Waals surface area contributed by atoms with E-state index in [0.717, 1.165) is 12.3 Å². The van der Waals surface area contributed by atoms with E-state index in [4.69, 9.17) is 5.11 Å². The van der Waals surface area contributed by atoms with Gasteiger partial charge in [0.1, 0.15) is 0 Å². The van der Waals surface area contributed by atoms with Crippen molar-refractivity contribution >= 4 is 0 Å². The molecule has 1 rings (SSSR count). The summed E-state index contributed by atoms with van der Waals surface area (Å²) in [6.07, 6.45) is 3.69. The van der Waals surface area contributed by atoms with Crippen LogP contribution < -0.4 is 0 Å². The number of hydrogen-bond acceptors (Lipinski definition) is 1. The van der Waals surface area contributed by atoms with Crippen LogP contribution in [0.4, 0.5) is 0 Å². The van der Waals surface area contributed by atoms with E-state index in [1.165, 1.54) is 12.8 Å². The maximum Gasteiger partial charge on any atom is 0.0489 e. The standard InChI is InChI=1S/C8H16O/c1-3-8(6-9)5-4-7(8)2/h7,9H,3-6H2,1-2H3. The van der Waals surface area contributed by atoms with Crippen molar-refractivity contribution in [1.29, 1.82) is 0 Å². The van der Waals surface area contributed by atoms with Gasteiger partial charge < -0.3 is 5.11 Å². The van der Waals surface area contributed by atoms with Crippen molar-refractivity contribution < 1.29 is 5.11 Å². The smallest absolute Gasteiger partial charge is 0.0489 e. The van der Waals surface area contributed by atoms with E-state index in [-0.39, 0.29) is 0 Å². The molecule has 0 heterocycles. The largest absolute Gasteiger partial charge is 0.396 e. The highest BCUT2D eigenvalue weighted by Crippen LogP contribution is 2.48. The van der Waals surface area contributed by atoms with Gasteiger partial charge in [0.2, 0.25) is 0 Å². The van der Waals surface area contributed by atoms with Crippen LogP contribution in [0.25, 0.3) is 0 Å². The zero-order chi connectivity index (χ0) is 6.91. The average Bonchev–Trinajstić information content (AvgIpc) is 1.89. The average molecular weight is 128 g/mol. The fourth-order valence-electron chi connectivity index (χ4n) is 1.71. The summed E-state index contributed by atoms with van der Waals surface area (Å²) >= 11 is 0. The predicted molar refractivity (Wildman–Crippen MR) is 38.2 cm³/mol. The Balaban J connectivity index is 2.48. The van der Waals surface area contributed by atoms with E-state index in [1.807, 2.05) is 0 Å². The molecule has 0 aromatic rings. The molecule has 0 bridgehead atoms. The molecule has 0 saturated heterocycles. The lowest BCUT2D eigenvalue weighted by Crippen LogP contribution is -2.40. The molecule has 0 radical (unpaired) electrons. The maximum atomic E-state index is 9.01. The first-order chi connectivity index (χ1) is 4.25. The summed E-state index contributed by atoms with van der Waals surface area (Å²) in [5, 5.41) is 9.01. The molecule has 1 aliphatic carbocycles. The molecule has 2 atom stereocenters. The van der Waals surface area contributed by atoms with Gasteiger partial charge in [0.25, 0.3) is 0 Å². The van der Waals surface area contributed by atoms with Crippen LogP contribution in [-0.2, 0) is 0 Å². The van der Waals surface area contributed by atoms with Crippen molar-refractivity contribution in [3.05, 3.63) is 0 Å². The van der Waals surface area contributed by atoms with Crippen LogP contribution in [0.2, 0.25) is 0 Å². The van der Waals surface area contributed by atoms with Gasteiger partial charge in [-0.1, -0.05) is 13.8 Å². The third-order valence-corrected chi connectivity index (χ3v) is 3.14. The molecule has 9 heavy (non-hydrogen) atoms. The lowest BCUT2D eigenvalue weighted by molar-refractivity contribution is -0.0200. The molecule has 1 N–H and O–H groups in total. The minimum atomic E-state index is 0.319. The van der Waals surface area contributed by atoms with Crippen LogP contribution >= 0.6 is 0 Å². The van der Waals surface area contributed by atoms with E-state index in [0.29, 0.717) is 12.0 Å². The van der Waals surface area contributed by atoms with Crippen molar-refractivity contribution in [2.24, 2.45) is 11.3 Å². The summed E-state index contributed by atoms with van der Waals surface area (Å²) in [6, 6.07) is 0. The van der Waals surface area contributed by atoms with Crippen LogP contribution in [0.15, 0.2) is 0 Å². The highest BCUT2D eigenvalue weighted by atomic mass is 16.3. The Morgan fingerprint density at radius 2 is 2.33 bits per heavy atom. The molecule has 1 aliphatic rings. The van der Waals surface area contributed by atoms with Crippen molar-refractivity contribution in [2.45, 2.75) is 33.1 Å². The predicted octanol–water partition coefficient (Wildman–Crippen LogP) is 1.80. The topological polar surface area (TPSA) is 20.2 Å². The molecule has 1 fully saturated rings. The van der Waals surface area contributed by atoms with E-state index >= 15 is 0 Å². The first-order valence-corrected chi connectivity index (χ1v) is 3.86. The lowest BCUT2D eigenvalue weighted by Gasteiger charge is -2.46. The summed E-state index contributed by atoms with van der Waals surface area (Å²) in [5.74, 6) is 0.757. The highest BCUT2D eigenvalue weighted by molar-refractivity contribution is 4.91. The second-order valence-electron chi connectivity index (χ2n) is 3.31. The Kier molecular flexibility index (Phi) is 1.80. The molecular formula is C8H16O. The molecule has 0 aromatic carbocycles. The third-order valence-electron chi connectivity index (χ3n) is 3.14. The van der Waals surface area contributed by atoms with Crippen LogP contribution in [0.3, 0.4) is 0 Å². The SMILES string of the molecule is CCC1(CO)CCC1C.